The van der Waals surface area contributed by atoms with Gasteiger partial charge in [-0.2, -0.15) is 16.6 Å². The average Bonchev–Trinajstić information content (AvgIpc) is 2.84. The van der Waals surface area contributed by atoms with E-state index in [9.17, 15) is 14.3 Å². The summed E-state index contributed by atoms with van der Waals surface area (Å²) in [6.45, 7) is 5.83. The molecule has 3 atom stereocenters. The summed E-state index contributed by atoms with van der Waals surface area (Å²) >= 11 is 2.06. The second-order valence-corrected chi connectivity index (χ2v) is 11.5. The zero-order valence-electron chi connectivity index (χ0n) is 21.7. The summed E-state index contributed by atoms with van der Waals surface area (Å²) < 4.78 is 23.7. The van der Waals surface area contributed by atoms with E-state index in [1.165, 1.54) is 50.0 Å². The van der Waals surface area contributed by atoms with E-state index >= 15 is 0 Å². The number of hydrogen-bond acceptors (Lipinski definition) is 7. The fourth-order valence-corrected chi connectivity index (χ4v) is 5.28. The Hall–Kier alpha value is -1.05. The van der Waals surface area contributed by atoms with E-state index < -0.39 is 25.5 Å². The van der Waals surface area contributed by atoms with Crippen molar-refractivity contribution in [3.05, 3.63) is 30.3 Å². The molecular weight excluding hydrogens is 487 g/mol. The normalized spacial score (nSPS) is 14.7. The van der Waals surface area contributed by atoms with Crippen LogP contribution < -0.4 is 4.74 Å². The number of hydrogen-bond donors (Lipinski definition) is 1. The number of rotatable bonds is 22. The van der Waals surface area contributed by atoms with Gasteiger partial charge in [0.15, 0.2) is 0 Å². The van der Waals surface area contributed by atoms with Gasteiger partial charge in [0.25, 0.3) is 0 Å². The van der Waals surface area contributed by atoms with E-state index in [1.54, 1.807) is 6.92 Å². The van der Waals surface area contributed by atoms with Crippen LogP contribution in [0.2, 0.25) is 0 Å². The molecule has 1 aromatic carbocycles. The smallest absolute Gasteiger partial charge is 0.452 e. The van der Waals surface area contributed by atoms with Crippen LogP contribution in [0.5, 0.6) is 5.75 Å². The molecule has 0 spiro atoms. The number of benzene rings is 1. The number of ether oxygens (including phenoxy) is 1. The van der Waals surface area contributed by atoms with Crippen molar-refractivity contribution in [1.29, 1.82) is 0 Å². The van der Waals surface area contributed by atoms with E-state index in [0.29, 0.717) is 18.6 Å². The minimum atomic E-state index is -4.68. The van der Waals surface area contributed by atoms with E-state index in [4.69, 9.17) is 9.26 Å². The van der Waals surface area contributed by atoms with Crippen LogP contribution in [0.1, 0.15) is 91.4 Å². The van der Waals surface area contributed by atoms with Crippen molar-refractivity contribution in [2.75, 3.05) is 18.1 Å². The average molecular weight is 533 g/mol. The van der Waals surface area contributed by atoms with E-state index in [0.717, 1.165) is 19.3 Å². The van der Waals surface area contributed by atoms with Gasteiger partial charge in [-0.15, -0.1) is 0 Å². The van der Waals surface area contributed by atoms with Gasteiger partial charge in [-0.25, -0.2) is 9.36 Å². The van der Waals surface area contributed by atoms with E-state index in [-0.39, 0.29) is 6.61 Å². The second-order valence-electron chi connectivity index (χ2n) is 8.70. The molecule has 1 aromatic rings. The molecule has 0 saturated heterocycles. The Morgan fingerprint density at radius 2 is 1.57 bits per heavy atom. The molecule has 0 fully saturated rings. The number of para-hydroxylation sites is 1. The third-order valence-electron chi connectivity index (χ3n) is 5.43. The monoisotopic (exact) mass is 532 g/mol. The molecule has 0 aliphatic carbocycles. The molecule has 0 amide bonds. The number of carbonyl (C=O) groups is 1. The van der Waals surface area contributed by atoms with E-state index in [2.05, 4.69) is 28.5 Å². The van der Waals surface area contributed by atoms with Gasteiger partial charge in [0.05, 0.1) is 6.61 Å². The third kappa shape index (κ3) is 15.6. The molecule has 1 rings (SSSR count). The van der Waals surface area contributed by atoms with Crippen molar-refractivity contribution in [2.24, 2.45) is 0 Å². The van der Waals surface area contributed by atoms with Gasteiger partial charge in [-0.05, 0) is 62.7 Å². The first-order valence-electron chi connectivity index (χ1n) is 13.0. The van der Waals surface area contributed by atoms with Gasteiger partial charge in [0, 0.05) is 0 Å². The van der Waals surface area contributed by atoms with Crippen LogP contribution in [-0.2, 0) is 18.9 Å². The quantitative estimate of drug-likeness (QED) is 0.0692. The molecule has 0 aromatic heterocycles. The van der Waals surface area contributed by atoms with Gasteiger partial charge in [0.1, 0.15) is 18.0 Å². The Morgan fingerprint density at radius 1 is 0.943 bits per heavy atom. The van der Waals surface area contributed by atoms with Gasteiger partial charge in [-0.1, -0.05) is 70.6 Å². The largest absolute Gasteiger partial charge is 0.488 e. The van der Waals surface area contributed by atoms with Crippen LogP contribution in [-0.4, -0.2) is 40.9 Å². The maximum atomic E-state index is 12.4. The molecule has 7 nitrogen and oxygen atoms in total. The number of carbonyl (C=O) groups excluding carboxylic acids is 1. The lowest BCUT2D eigenvalue weighted by Crippen LogP contribution is -2.32. The summed E-state index contributed by atoms with van der Waals surface area (Å²) in [7, 11) is -4.68. The van der Waals surface area contributed by atoms with Crippen LogP contribution >= 0.6 is 19.4 Å². The summed E-state index contributed by atoms with van der Waals surface area (Å²) in [5, 5.41) is 0. The standard InChI is InChI=1S/C26H45O7PS/c1-4-6-7-15-21-35-22-16-10-8-9-14-19-25(31-24-17-12-11-13-18-24)23(3)33-34(28,29)26(27)32-30-20-5-2/h11-13,17-18,23,25H,4-10,14-16,19-22H2,1-3H3,(H,28,29). The number of thioether (sulfide) groups is 1. The molecule has 0 radical (unpaired) electrons. The Bertz CT molecular complexity index is 704. The highest BCUT2D eigenvalue weighted by molar-refractivity contribution is 7.99. The van der Waals surface area contributed by atoms with Crippen molar-refractivity contribution in [1.82, 2.24) is 0 Å². The minimum Gasteiger partial charge on any atom is -0.488 e. The first-order chi connectivity index (χ1) is 16.9. The molecule has 35 heavy (non-hydrogen) atoms. The molecule has 1 N–H and O–H groups in total. The third-order valence-corrected chi connectivity index (χ3v) is 7.74. The van der Waals surface area contributed by atoms with Crippen LogP contribution in [0.4, 0.5) is 4.79 Å². The highest BCUT2D eigenvalue weighted by Gasteiger charge is 2.38. The Balaban J connectivity index is 2.43. The highest BCUT2D eigenvalue weighted by Crippen LogP contribution is 2.46. The molecule has 3 unspecified atom stereocenters. The van der Waals surface area contributed by atoms with Crippen LogP contribution in [0.3, 0.4) is 0 Å². The molecular formula is C26H45O7PS. The van der Waals surface area contributed by atoms with Crippen LogP contribution in [0.15, 0.2) is 30.3 Å². The molecule has 202 valence electrons. The van der Waals surface area contributed by atoms with Crippen molar-refractivity contribution >= 4 is 25.1 Å². The predicted molar refractivity (Wildman–Crippen MR) is 143 cm³/mol. The lowest BCUT2D eigenvalue weighted by molar-refractivity contribution is -0.231. The summed E-state index contributed by atoms with van der Waals surface area (Å²) in [4.78, 5) is 31.0. The first kappa shape index (κ1) is 32.0. The van der Waals surface area contributed by atoms with Crippen molar-refractivity contribution in [2.45, 2.75) is 104 Å². The molecule has 9 heteroatoms. The molecule has 0 aliphatic heterocycles. The fraction of sp³-hybridized carbons (Fsp3) is 0.731. The summed E-state index contributed by atoms with van der Waals surface area (Å²) in [6.07, 6.45) is 10.8. The van der Waals surface area contributed by atoms with Gasteiger partial charge < -0.3 is 9.63 Å². The lowest BCUT2D eigenvalue weighted by atomic mass is 10.1. The Kier molecular flexibility index (Phi) is 18.3. The first-order valence-corrected chi connectivity index (χ1v) is 15.8. The van der Waals surface area contributed by atoms with Gasteiger partial charge >= 0.3 is 13.3 Å². The van der Waals surface area contributed by atoms with Gasteiger partial charge in [-0.3, -0.25) is 9.41 Å². The SMILES string of the molecule is CCCCCCSCCCCCCCC(Oc1ccccc1)C(C)OP(=O)(O)C(=O)OOCCC. The maximum Gasteiger partial charge on any atom is 0.452 e. The molecule has 0 heterocycles. The van der Waals surface area contributed by atoms with Crippen molar-refractivity contribution in [3.8, 4) is 5.75 Å². The van der Waals surface area contributed by atoms with Crippen molar-refractivity contribution < 1.29 is 33.3 Å². The van der Waals surface area contributed by atoms with Crippen molar-refractivity contribution in [3.63, 3.8) is 0 Å². The lowest BCUT2D eigenvalue weighted by Gasteiger charge is -2.26. The van der Waals surface area contributed by atoms with Crippen LogP contribution in [0.25, 0.3) is 0 Å². The Morgan fingerprint density at radius 3 is 2.23 bits per heavy atom. The molecule has 0 bridgehead atoms. The summed E-state index contributed by atoms with van der Waals surface area (Å²) in [5.74, 6) is 3.13. The fourth-order valence-electron chi connectivity index (χ4n) is 3.44. The zero-order chi connectivity index (χ0) is 25.8. The topological polar surface area (TPSA) is 91.3 Å². The minimum absolute atomic E-state index is 0.138. The molecule has 0 aliphatic rings. The number of unbranched alkanes of at least 4 members (excludes halogenated alkanes) is 7. The summed E-state index contributed by atoms with van der Waals surface area (Å²) in [5.41, 5.74) is -1.42. The predicted octanol–water partition coefficient (Wildman–Crippen LogP) is 8.16. The molecule has 0 saturated carbocycles. The maximum absolute atomic E-state index is 12.4. The Labute approximate surface area is 216 Å². The van der Waals surface area contributed by atoms with Crippen LogP contribution in [0, 0.1) is 0 Å². The summed E-state index contributed by atoms with van der Waals surface area (Å²) in [6, 6.07) is 9.26. The second kappa shape index (κ2) is 20.1. The highest BCUT2D eigenvalue weighted by atomic mass is 32.2. The van der Waals surface area contributed by atoms with Gasteiger partial charge in [0.2, 0.25) is 0 Å². The zero-order valence-corrected chi connectivity index (χ0v) is 23.4. The van der Waals surface area contributed by atoms with E-state index in [1.807, 2.05) is 37.3 Å².